The molecule has 0 radical (unpaired) electrons. The number of hydrogen-bond donors (Lipinski definition) is 1. The Hall–Kier alpha value is -2.75. The molecule has 9 heteroatoms. The van der Waals surface area contributed by atoms with Crippen molar-refractivity contribution >= 4 is 23.0 Å². The van der Waals surface area contributed by atoms with Crippen LogP contribution in [0.5, 0.6) is 11.5 Å². The number of nitrogens with zero attached hydrogens (tertiary/aromatic N) is 1. The van der Waals surface area contributed by atoms with Gasteiger partial charge >= 0.3 is 5.63 Å². The maximum absolute atomic E-state index is 12.6. The van der Waals surface area contributed by atoms with Gasteiger partial charge in [0.25, 0.3) is 0 Å². The first kappa shape index (κ1) is 24.9. The number of ether oxygens (including phenoxy) is 3. The van der Waals surface area contributed by atoms with Crippen LogP contribution in [0.2, 0.25) is 0 Å². The highest BCUT2D eigenvalue weighted by Gasteiger charge is 2.21. The van der Waals surface area contributed by atoms with Gasteiger partial charge in [-0.25, -0.2) is 4.79 Å². The third kappa shape index (κ3) is 6.19. The first-order valence-corrected chi connectivity index (χ1v) is 11.2. The molecule has 1 N–H and O–H groups in total. The van der Waals surface area contributed by atoms with Crippen LogP contribution in [0.15, 0.2) is 15.3 Å². The van der Waals surface area contributed by atoms with Crippen LogP contribution >= 0.6 is 0 Å². The van der Waals surface area contributed by atoms with Crippen LogP contribution in [0.3, 0.4) is 0 Å². The average Bonchev–Trinajstić information content (AvgIpc) is 2.81. The number of Topliss-reactive ketones (excluding diaryl/α,β-unsaturated/α-hetero) is 1. The van der Waals surface area contributed by atoms with Gasteiger partial charge in [0.1, 0.15) is 18.0 Å². The second-order valence-electron chi connectivity index (χ2n) is 8.06. The lowest BCUT2D eigenvalue weighted by atomic mass is 9.98. The minimum atomic E-state index is -0.614. The second kappa shape index (κ2) is 11.9. The fourth-order valence-corrected chi connectivity index (χ4v) is 3.97. The van der Waals surface area contributed by atoms with Gasteiger partial charge in [0.15, 0.2) is 23.4 Å². The van der Waals surface area contributed by atoms with E-state index in [0.717, 1.165) is 39.3 Å². The van der Waals surface area contributed by atoms with Crippen LogP contribution in [0, 0.1) is 6.92 Å². The van der Waals surface area contributed by atoms with Gasteiger partial charge in [0, 0.05) is 44.0 Å². The summed E-state index contributed by atoms with van der Waals surface area (Å²) in [5, 5.41) is 10.9. The minimum Gasteiger partial charge on any atom is -0.504 e. The molecule has 9 nitrogen and oxygen atoms in total. The first-order valence-electron chi connectivity index (χ1n) is 11.2. The summed E-state index contributed by atoms with van der Waals surface area (Å²) in [6.45, 7) is 6.31. The zero-order chi connectivity index (χ0) is 23.8. The van der Waals surface area contributed by atoms with E-state index in [1.54, 1.807) is 13.0 Å². The van der Waals surface area contributed by atoms with Crippen molar-refractivity contribution in [1.82, 2.24) is 4.90 Å². The fourth-order valence-electron chi connectivity index (χ4n) is 3.97. The Kier molecular flexibility index (Phi) is 8.99. The van der Waals surface area contributed by atoms with Gasteiger partial charge in [-0.05, 0) is 37.9 Å². The van der Waals surface area contributed by atoms with E-state index in [2.05, 4.69) is 4.90 Å². The average molecular weight is 462 g/mol. The van der Waals surface area contributed by atoms with Crippen LogP contribution in [-0.4, -0.2) is 75.2 Å². The van der Waals surface area contributed by atoms with Crippen LogP contribution in [-0.2, 0) is 20.7 Å². The van der Waals surface area contributed by atoms with E-state index < -0.39 is 5.63 Å². The third-order valence-corrected chi connectivity index (χ3v) is 5.90. The molecule has 33 heavy (non-hydrogen) atoms. The summed E-state index contributed by atoms with van der Waals surface area (Å²) < 4.78 is 21.2. The number of methoxy groups -OCH3 is 1. The molecule has 0 aliphatic carbocycles. The maximum atomic E-state index is 12.6. The Morgan fingerprint density at radius 2 is 2.00 bits per heavy atom. The standard InChI is InChI=1S/C24H31NO8/c1-16-18(6-5-17(27)4-3-7-25-8-10-31-11-9-25)24(29)33-23-19(16)14-21(32-13-12-30-2)22(28)20(23)15-26/h14-15,28H,3-13H2,1-2H3. The van der Waals surface area contributed by atoms with E-state index >= 15 is 0 Å². The largest absolute Gasteiger partial charge is 0.504 e. The summed E-state index contributed by atoms with van der Waals surface area (Å²) in [4.78, 5) is 38.9. The molecule has 1 aromatic carbocycles. The van der Waals surface area contributed by atoms with Crippen molar-refractivity contribution in [2.75, 3.05) is 53.2 Å². The second-order valence-corrected chi connectivity index (χ2v) is 8.06. The molecular weight excluding hydrogens is 430 g/mol. The number of fused-ring (bicyclic) bond motifs is 1. The molecule has 0 amide bonds. The number of phenolic OH excluding ortho intramolecular Hbond substituents is 1. The van der Waals surface area contributed by atoms with Crippen LogP contribution in [0.4, 0.5) is 0 Å². The van der Waals surface area contributed by atoms with Crippen molar-refractivity contribution < 1.29 is 33.3 Å². The highest BCUT2D eigenvalue weighted by molar-refractivity contribution is 6.00. The summed E-state index contributed by atoms with van der Waals surface area (Å²) in [5.74, 6) is -0.201. The lowest BCUT2D eigenvalue weighted by Crippen LogP contribution is -2.36. The fraction of sp³-hybridized carbons (Fsp3) is 0.542. The molecule has 1 aliphatic rings. The molecule has 1 saturated heterocycles. The van der Waals surface area contributed by atoms with E-state index in [0.29, 0.717) is 35.8 Å². The molecule has 1 aromatic heterocycles. The lowest BCUT2D eigenvalue weighted by Gasteiger charge is -2.26. The van der Waals surface area contributed by atoms with E-state index in [1.807, 2.05) is 0 Å². The number of aromatic hydroxyl groups is 1. The Labute approximate surface area is 192 Å². The zero-order valence-electron chi connectivity index (χ0n) is 19.2. The van der Waals surface area contributed by atoms with Crippen LogP contribution in [0.1, 0.15) is 40.7 Å². The molecule has 0 saturated carbocycles. The number of hydrogen-bond acceptors (Lipinski definition) is 9. The lowest BCUT2D eigenvalue weighted by molar-refractivity contribution is -0.119. The van der Waals surface area contributed by atoms with Crippen molar-refractivity contribution in [3.8, 4) is 11.5 Å². The third-order valence-electron chi connectivity index (χ3n) is 5.90. The topological polar surface area (TPSA) is 116 Å². The van der Waals surface area contributed by atoms with E-state index in [9.17, 15) is 19.5 Å². The van der Waals surface area contributed by atoms with E-state index in [4.69, 9.17) is 18.6 Å². The molecule has 2 heterocycles. The van der Waals surface area contributed by atoms with Crippen molar-refractivity contribution in [3.05, 3.63) is 33.2 Å². The SMILES string of the molecule is COCCOc1cc2c(C)c(CCC(=O)CCCN3CCOCC3)c(=O)oc2c(C=O)c1O. The molecule has 1 aliphatic heterocycles. The van der Waals surface area contributed by atoms with Gasteiger partial charge in [0.05, 0.1) is 19.8 Å². The number of aryl methyl sites for hydroxylation is 1. The molecule has 1 fully saturated rings. The Bertz CT molecular complexity index is 1040. The van der Waals surface area contributed by atoms with Gasteiger partial charge in [0.2, 0.25) is 0 Å². The number of morpholine rings is 1. The molecule has 2 aromatic rings. The van der Waals surface area contributed by atoms with Crippen molar-refractivity contribution in [1.29, 1.82) is 0 Å². The first-order chi connectivity index (χ1) is 16.0. The zero-order valence-corrected chi connectivity index (χ0v) is 19.2. The van der Waals surface area contributed by atoms with E-state index in [1.165, 1.54) is 7.11 Å². The summed E-state index contributed by atoms with van der Waals surface area (Å²) in [6, 6.07) is 1.54. The van der Waals surface area contributed by atoms with Gasteiger partial charge < -0.3 is 23.7 Å². The summed E-state index contributed by atoms with van der Waals surface area (Å²) in [7, 11) is 1.52. The molecule has 180 valence electrons. The maximum Gasteiger partial charge on any atom is 0.339 e. The smallest absolute Gasteiger partial charge is 0.339 e. The number of rotatable bonds is 12. The van der Waals surface area contributed by atoms with Gasteiger partial charge in [-0.15, -0.1) is 0 Å². The summed E-state index contributed by atoms with van der Waals surface area (Å²) >= 11 is 0. The Balaban J connectivity index is 1.73. The van der Waals surface area contributed by atoms with Crippen molar-refractivity contribution in [3.63, 3.8) is 0 Å². The number of ketones is 1. The van der Waals surface area contributed by atoms with Gasteiger partial charge in [-0.3, -0.25) is 14.5 Å². The van der Waals surface area contributed by atoms with Gasteiger partial charge in [-0.1, -0.05) is 0 Å². The number of phenols is 1. The quantitative estimate of drug-likeness (QED) is 0.289. The van der Waals surface area contributed by atoms with Crippen molar-refractivity contribution in [2.24, 2.45) is 0 Å². The number of benzene rings is 1. The molecule has 0 bridgehead atoms. The summed E-state index contributed by atoms with van der Waals surface area (Å²) in [5.41, 5.74) is 0.226. The molecular formula is C24H31NO8. The minimum absolute atomic E-state index is 0.00433. The highest BCUT2D eigenvalue weighted by atomic mass is 16.5. The summed E-state index contributed by atoms with van der Waals surface area (Å²) in [6.07, 6.45) is 2.14. The normalized spacial score (nSPS) is 14.5. The van der Waals surface area contributed by atoms with Gasteiger partial charge in [-0.2, -0.15) is 0 Å². The number of carbonyl (C=O) groups excluding carboxylic acids is 2. The predicted octanol–water partition coefficient (Wildman–Crippen LogP) is 2.26. The number of aldehydes is 1. The number of carbonyl (C=O) groups is 2. The van der Waals surface area contributed by atoms with Crippen LogP contribution in [0.25, 0.3) is 11.0 Å². The molecule has 3 rings (SSSR count). The Morgan fingerprint density at radius 3 is 2.70 bits per heavy atom. The molecule has 0 atom stereocenters. The predicted molar refractivity (Wildman–Crippen MR) is 121 cm³/mol. The van der Waals surface area contributed by atoms with Crippen LogP contribution < -0.4 is 10.4 Å². The highest BCUT2D eigenvalue weighted by Crippen LogP contribution is 2.37. The van der Waals surface area contributed by atoms with Crippen molar-refractivity contribution in [2.45, 2.75) is 32.6 Å². The molecule has 0 unspecified atom stereocenters. The molecule has 0 spiro atoms. The Morgan fingerprint density at radius 1 is 1.24 bits per heavy atom. The monoisotopic (exact) mass is 461 g/mol. The van der Waals surface area contributed by atoms with E-state index in [-0.39, 0.29) is 47.9 Å².